The molecule has 1 N–H and O–H groups in total. The van der Waals surface area contributed by atoms with Crippen molar-refractivity contribution in [3.8, 4) is 5.75 Å². The van der Waals surface area contributed by atoms with Crippen molar-refractivity contribution in [3.63, 3.8) is 0 Å². The third kappa shape index (κ3) is 3.09. The van der Waals surface area contributed by atoms with Gasteiger partial charge in [0, 0.05) is 24.8 Å². The summed E-state index contributed by atoms with van der Waals surface area (Å²) in [7, 11) is 1.76. The zero-order valence-corrected chi connectivity index (χ0v) is 12.5. The summed E-state index contributed by atoms with van der Waals surface area (Å²) in [6, 6.07) is 7.25. The molecule has 0 saturated carbocycles. The van der Waals surface area contributed by atoms with Crippen LogP contribution >= 0.6 is 0 Å². The molecule has 0 spiro atoms. The van der Waals surface area contributed by atoms with Crippen LogP contribution in [0.15, 0.2) is 18.2 Å². The maximum atomic E-state index is 5.42. The Morgan fingerprint density at radius 3 is 2.75 bits per heavy atom. The summed E-state index contributed by atoms with van der Waals surface area (Å²) in [5, 5.41) is 3.61. The van der Waals surface area contributed by atoms with E-state index in [1.165, 1.54) is 63.0 Å². The zero-order valence-electron chi connectivity index (χ0n) is 12.5. The maximum Gasteiger partial charge on any atom is 0.119 e. The predicted octanol–water partition coefficient (Wildman–Crippen LogP) is 2.98. The van der Waals surface area contributed by atoms with Crippen molar-refractivity contribution < 1.29 is 4.74 Å². The van der Waals surface area contributed by atoms with Crippen molar-refractivity contribution in [1.29, 1.82) is 0 Å². The number of piperidine rings is 1. The summed E-state index contributed by atoms with van der Waals surface area (Å²) in [5.41, 5.74) is 2.88. The molecule has 0 bridgehead atoms. The minimum Gasteiger partial charge on any atom is -0.497 e. The topological polar surface area (TPSA) is 24.5 Å². The van der Waals surface area contributed by atoms with Crippen molar-refractivity contribution in [3.05, 3.63) is 23.8 Å². The molecule has 2 aliphatic heterocycles. The van der Waals surface area contributed by atoms with Crippen LogP contribution in [0.5, 0.6) is 5.75 Å². The first-order chi connectivity index (χ1) is 9.86. The quantitative estimate of drug-likeness (QED) is 0.913. The van der Waals surface area contributed by atoms with Gasteiger partial charge in [-0.2, -0.15) is 0 Å². The van der Waals surface area contributed by atoms with E-state index in [2.05, 4.69) is 28.4 Å². The van der Waals surface area contributed by atoms with Crippen LogP contribution in [-0.4, -0.2) is 32.8 Å². The van der Waals surface area contributed by atoms with E-state index in [0.717, 1.165) is 12.2 Å². The highest BCUT2D eigenvalue weighted by Crippen LogP contribution is 2.29. The number of anilines is 1. The number of benzene rings is 1. The van der Waals surface area contributed by atoms with Gasteiger partial charge in [-0.15, -0.1) is 0 Å². The molecule has 2 fully saturated rings. The van der Waals surface area contributed by atoms with Crippen LogP contribution in [0.1, 0.15) is 37.7 Å². The third-order valence-corrected chi connectivity index (χ3v) is 4.61. The average molecular weight is 274 g/mol. The molecule has 1 atom stereocenters. The van der Waals surface area contributed by atoms with Gasteiger partial charge in [-0.1, -0.05) is 0 Å². The summed E-state index contributed by atoms with van der Waals surface area (Å²) < 4.78 is 5.42. The molecule has 3 nitrogen and oxygen atoms in total. The second kappa shape index (κ2) is 6.49. The monoisotopic (exact) mass is 274 g/mol. The summed E-state index contributed by atoms with van der Waals surface area (Å²) in [5.74, 6) is 0.985. The number of rotatable bonds is 4. The highest BCUT2D eigenvalue weighted by Gasteiger charge is 2.20. The van der Waals surface area contributed by atoms with Crippen LogP contribution in [0, 0.1) is 0 Å². The molecule has 3 heteroatoms. The average Bonchev–Trinajstić information content (AvgIpc) is 3.01. The van der Waals surface area contributed by atoms with E-state index in [1.54, 1.807) is 7.11 Å². The van der Waals surface area contributed by atoms with Gasteiger partial charge in [-0.3, -0.25) is 0 Å². The molecular formula is C17H26N2O. The second-order valence-electron chi connectivity index (χ2n) is 6.04. The Morgan fingerprint density at radius 1 is 1.20 bits per heavy atom. The van der Waals surface area contributed by atoms with Crippen LogP contribution in [0.4, 0.5) is 5.69 Å². The van der Waals surface area contributed by atoms with Crippen molar-refractivity contribution in [2.24, 2.45) is 0 Å². The van der Waals surface area contributed by atoms with E-state index in [1.807, 2.05) is 0 Å². The highest BCUT2D eigenvalue weighted by molar-refractivity contribution is 5.57. The first-order valence-corrected chi connectivity index (χ1v) is 8.02. The number of nitrogens with one attached hydrogen (secondary N) is 1. The lowest BCUT2D eigenvalue weighted by atomic mass is 10.00. The molecule has 2 saturated heterocycles. The first-order valence-electron chi connectivity index (χ1n) is 8.02. The second-order valence-corrected chi connectivity index (χ2v) is 6.04. The predicted molar refractivity (Wildman–Crippen MR) is 83.8 cm³/mol. The van der Waals surface area contributed by atoms with E-state index < -0.39 is 0 Å². The molecule has 20 heavy (non-hydrogen) atoms. The van der Waals surface area contributed by atoms with Crippen LogP contribution in [0.2, 0.25) is 0 Å². The zero-order chi connectivity index (χ0) is 13.8. The minimum absolute atomic E-state index is 0.644. The summed E-state index contributed by atoms with van der Waals surface area (Å²) >= 11 is 0. The van der Waals surface area contributed by atoms with Gasteiger partial charge in [0.2, 0.25) is 0 Å². The molecular weight excluding hydrogens is 248 g/mol. The lowest BCUT2D eigenvalue weighted by Gasteiger charge is -2.31. The molecule has 2 heterocycles. The Labute approximate surface area is 122 Å². The number of hydrogen-bond donors (Lipinski definition) is 1. The standard InChI is InChI=1S/C17H26N2O/c1-20-16-7-8-17(19-10-3-2-4-11-19)14(13-16)12-15-6-5-9-18-15/h7-8,13,15,18H,2-6,9-12H2,1H3. The van der Waals surface area contributed by atoms with Gasteiger partial charge < -0.3 is 15.0 Å². The number of ether oxygens (including phenoxy) is 1. The van der Waals surface area contributed by atoms with Crippen molar-refractivity contribution in [2.45, 2.75) is 44.6 Å². The molecule has 0 aliphatic carbocycles. The van der Waals surface area contributed by atoms with Gasteiger partial charge in [0.25, 0.3) is 0 Å². The van der Waals surface area contributed by atoms with Crippen LogP contribution in [0.25, 0.3) is 0 Å². The molecule has 110 valence electrons. The number of methoxy groups -OCH3 is 1. The van der Waals surface area contributed by atoms with E-state index in [9.17, 15) is 0 Å². The Kier molecular flexibility index (Phi) is 4.46. The Bertz CT molecular complexity index is 435. The van der Waals surface area contributed by atoms with E-state index in [4.69, 9.17) is 4.74 Å². The molecule has 1 aromatic carbocycles. The van der Waals surface area contributed by atoms with Gasteiger partial charge >= 0.3 is 0 Å². The maximum absolute atomic E-state index is 5.42. The van der Waals surface area contributed by atoms with Gasteiger partial charge in [0.15, 0.2) is 0 Å². The van der Waals surface area contributed by atoms with Crippen molar-refractivity contribution in [2.75, 3.05) is 31.6 Å². The molecule has 3 rings (SSSR count). The Morgan fingerprint density at radius 2 is 2.05 bits per heavy atom. The fraction of sp³-hybridized carbons (Fsp3) is 0.647. The van der Waals surface area contributed by atoms with Crippen LogP contribution < -0.4 is 15.0 Å². The SMILES string of the molecule is COc1ccc(N2CCCCC2)c(CC2CCCN2)c1. The molecule has 1 aromatic rings. The normalized spacial score (nSPS) is 23.1. The van der Waals surface area contributed by atoms with Crippen LogP contribution in [-0.2, 0) is 6.42 Å². The van der Waals surface area contributed by atoms with Gasteiger partial charge in [0.05, 0.1) is 7.11 Å². The fourth-order valence-electron chi connectivity index (χ4n) is 3.49. The lowest BCUT2D eigenvalue weighted by Crippen LogP contribution is -2.31. The summed E-state index contributed by atoms with van der Waals surface area (Å²) in [4.78, 5) is 2.56. The van der Waals surface area contributed by atoms with E-state index in [0.29, 0.717) is 6.04 Å². The number of nitrogens with zero attached hydrogens (tertiary/aromatic N) is 1. The largest absolute Gasteiger partial charge is 0.497 e. The third-order valence-electron chi connectivity index (χ3n) is 4.61. The number of hydrogen-bond acceptors (Lipinski definition) is 3. The lowest BCUT2D eigenvalue weighted by molar-refractivity contribution is 0.414. The Balaban J connectivity index is 1.82. The minimum atomic E-state index is 0.644. The van der Waals surface area contributed by atoms with E-state index >= 15 is 0 Å². The summed E-state index contributed by atoms with van der Waals surface area (Å²) in [6.45, 7) is 3.59. The van der Waals surface area contributed by atoms with Crippen molar-refractivity contribution in [1.82, 2.24) is 5.32 Å². The van der Waals surface area contributed by atoms with Gasteiger partial charge in [-0.05, 0) is 68.8 Å². The molecule has 0 radical (unpaired) electrons. The molecule has 2 aliphatic rings. The van der Waals surface area contributed by atoms with Crippen LogP contribution in [0.3, 0.4) is 0 Å². The smallest absolute Gasteiger partial charge is 0.119 e. The summed E-state index contributed by atoms with van der Waals surface area (Å²) in [6.07, 6.45) is 7.78. The first kappa shape index (κ1) is 13.7. The molecule has 1 unspecified atom stereocenters. The molecule has 0 aromatic heterocycles. The van der Waals surface area contributed by atoms with E-state index in [-0.39, 0.29) is 0 Å². The highest BCUT2D eigenvalue weighted by atomic mass is 16.5. The fourth-order valence-corrected chi connectivity index (χ4v) is 3.49. The Hall–Kier alpha value is -1.22. The van der Waals surface area contributed by atoms with Crippen molar-refractivity contribution >= 4 is 5.69 Å². The molecule has 0 amide bonds. The van der Waals surface area contributed by atoms with Gasteiger partial charge in [0.1, 0.15) is 5.75 Å². The van der Waals surface area contributed by atoms with Gasteiger partial charge in [-0.25, -0.2) is 0 Å².